The van der Waals surface area contributed by atoms with Crippen molar-refractivity contribution < 1.29 is 14.3 Å². The third-order valence-electron chi connectivity index (χ3n) is 4.20. The summed E-state index contributed by atoms with van der Waals surface area (Å²) in [5.41, 5.74) is 0.399. The molecule has 1 heterocycles. The third-order valence-corrected chi connectivity index (χ3v) is 4.20. The number of rotatable bonds is 3. The second-order valence-electron chi connectivity index (χ2n) is 7.59. The summed E-state index contributed by atoms with van der Waals surface area (Å²) in [6, 6.07) is 10.1. The van der Waals surface area contributed by atoms with Crippen molar-refractivity contribution in [3.63, 3.8) is 0 Å². The van der Waals surface area contributed by atoms with Gasteiger partial charge in [-0.25, -0.2) is 4.79 Å². The average molecular weight is 332 g/mol. The van der Waals surface area contributed by atoms with Gasteiger partial charge in [0.2, 0.25) is 5.91 Å². The van der Waals surface area contributed by atoms with Gasteiger partial charge in [-0.1, -0.05) is 30.3 Å². The predicted molar refractivity (Wildman–Crippen MR) is 93.7 cm³/mol. The zero-order valence-corrected chi connectivity index (χ0v) is 15.1. The largest absolute Gasteiger partial charge is 0.444 e. The van der Waals surface area contributed by atoms with Gasteiger partial charge in [-0.3, -0.25) is 4.79 Å². The van der Waals surface area contributed by atoms with Gasteiger partial charge in [-0.05, 0) is 45.6 Å². The minimum Gasteiger partial charge on any atom is -0.444 e. The normalized spacial score (nSPS) is 17.2. The first-order valence-corrected chi connectivity index (χ1v) is 8.50. The van der Waals surface area contributed by atoms with Gasteiger partial charge < -0.3 is 15.0 Å². The molecule has 0 saturated carbocycles. The number of likely N-dealkylation sites (tertiary alicyclic amines) is 1. The van der Waals surface area contributed by atoms with Crippen molar-refractivity contribution in [2.75, 3.05) is 13.1 Å². The quantitative estimate of drug-likeness (QED) is 0.925. The highest BCUT2D eigenvalue weighted by molar-refractivity contribution is 5.74. The second-order valence-corrected chi connectivity index (χ2v) is 7.59. The first kappa shape index (κ1) is 18.3. The Morgan fingerprint density at radius 2 is 1.75 bits per heavy atom. The molecule has 1 aromatic rings. The molecule has 0 atom stereocenters. The van der Waals surface area contributed by atoms with Gasteiger partial charge in [0.1, 0.15) is 5.60 Å². The molecule has 1 fully saturated rings. The monoisotopic (exact) mass is 332 g/mol. The van der Waals surface area contributed by atoms with Crippen LogP contribution in [0.15, 0.2) is 30.3 Å². The van der Waals surface area contributed by atoms with E-state index in [1.165, 1.54) is 5.56 Å². The van der Waals surface area contributed by atoms with Crippen LogP contribution in [0, 0.1) is 0 Å². The molecule has 0 unspecified atom stereocenters. The fourth-order valence-electron chi connectivity index (χ4n) is 3.15. The number of benzene rings is 1. The zero-order chi connectivity index (χ0) is 17.8. The van der Waals surface area contributed by atoms with Crippen LogP contribution in [0.25, 0.3) is 0 Å². The van der Waals surface area contributed by atoms with Gasteiger partial charge in [-0.15, -0.1) is 0 Å². The number of carbonyl (C=O) groups is 2. The summed E-state index contributed by atoms with van der Waals surface area (Å²) in [5.74, 6) is -0.0309. The lowest BCUT2D eigenvalue weighted by Crippen LogP contribution is -2.57. The maximum Gasteiger partial charge on any atom is 0.410 e. The Kier molecular flexibility index (Phi) is 5.52. The predicted octanol–water partition coefficient (Wildman–Crippen LogP) is 3.13. The molecule has 2 rings (SSSR count). The van der Waals surface area contributed by atoms with E-state index in [4.69, 9.17) is 4.74 Å². The lowest BCUT2D eigenvalue weighted by Gasteiger charge is -2.42. The van der Waals surface area contributed by atoms with E-state index in [1.54, 1.807) is 11.8 Å². The van der Waals surface area contributed by atoms with Crippen molar-refractivity contribution in [1.29, 1.82) is 0 Å². The summed E-state index contributed by atoms with van der Waals surface area (Å²) in [5, 5.41) is 3.13. The van der Waals surface area contributed by atoms with Gasteiger partial charge in [-0.2, -0.15) is 0 Å². The average Bonchev–Trinajstić information content (AvgIpc) is 2.46. The first-order valence-electron chi connectivity index (χ1n) is 8.50. The van der Waals surface area contributed by atoms with Crippen LogP contribution in [0.3, 0.4) is 0 Å². The number of carbonyl (C=O) groups excluding carboxylic acids is 2. The van der Waals surface area contributed by atoms with E-state index in [0.717, 1.165) is 19.3 Å². The molecule has 1 saturated heterocycles. The van der Waals surface area contributed by atoms with Crippen molar-refractivity contribution in [2.24, 2.45) is 0 Å². The summed E-state index contributed by atoms with van der Waals surface area (Å²) in [6.45, 7) is 8.32. The van der Waals surface area contributed by atoms with Crippen LogP contribution in [0.5, 0.6) is 0 Å². The highest BCUT2D eigenvalue weighted by Crippen LogP contribution is 2.27. The molecule has 1 N–H and O–H groups in total. The molecule has 0 aromatic heterocycles. The number of nitrogens with one attached hydrogen (secondary N) is 1. The Balaban J connectivity index is 2.04. The van der Waals surface area contributed by atoms with Crippen LogP contribution >= 0.6 is 0 Å². The van der Waals surface area contributed by atoms with Gasteiger partial charge in [0, 0.05) is 25.6 Å². The molecule has 5 nitrogen and oxygen atoms in total. The fourth-order valence-corrected chi connectivity index (χ4v) is 3.15. The van der Waals surface area contributed by atoms with Crippen molar-refractivity contribution >= 4 is 12.0 Å². The fraction of sp³-hybridized carbons (Fsp3) is 0.579. The van der Waals surface area contributed by atoms with E-state index < -0.39 is 5.60 Å². The number of ether oxygens (including phenoxy) is 1. The lowest BCUT2D eigenvalue weighted by atomic mass is 9.81. The number of hydrogen-bond donors (Lipinski definition) is 1. The molecule has 1 aromatic carbocycles. The number of hydrogen-bond acceptors (Lipinski definition) is 3. The molecule has 2 amide bonds. The van der Waals surface area contributed by atoms with Crippen LogP contribution in [-0.4, -0.2) is 41.1 Å². The number of amides is 2. The second kappa shape index (κ2) is 7.24. The van der Waals surface area contributed by atoms with Crippen LogP contribution in [-0.2, 0) is 16.0 Å². The molecular formula is C19H28N2O3. The Hall–Kier alpha value is -2.04. The van der Waals surface area contributed by atoms with E-state index in [-0.39, 0.29) is 17.5 Å². The summed E-state index contributed by atoms with van der Waals surface area (Å²) in [6.07, 6.45) is 1.94. The molecular weight excluding hydrogens is 304 g/mol. The maximum absolute atomic E-state index is 12.2. The van der Waals surface area contributed by atoms with E-state index >= 15 is 0 Å². The summed E-state index contributed by atoms with van der Waals surface area (Å²) in [4.78, 5) is 25.6. The van der Waals surface area contributed by atoms with Crippen molar-refractivity contribution in [3.05, 3.63) is 35.9 Å². The summed E-state index contributed by atoms with van der Waals surface area (Å²) in [7, 11) is 0. The summed E-state index contributed by atoms with van der Waals surface area (Å²) >= 11 is 0. The van der Waals surface area contributed by atoms with Crippen molar-refractivity contribution in [3.8, 4) is 0 Å². The van der Waals surface area contributed by atoms with E-state index in [2.05, 4.69) is 17.4 Å². The lowest BCUT2D eigenvalue weighted by molar-refractivity contribution is -0.121. The van der Waals surface area contributed by atoms with Crippen LogP contribution < -0.4 is 5.32 Å². The van der Waals surface area contributed by atoms with Crippen LogP contribution in [0.4, 0.5) is 4.79 Å². The third kappa shape index (κ3) is 5.25. The molecule has 0 bridgehead atoms. The van der Waals surface area contributed by atoms with Gasteiger partial charge >= 0.3 is 6.09 Å². The van der Waals surface area contributed by atoms with Gasteiger partial charge in [0.15, 0.2) is 0 Å². The number of piperidine rings is 1. The highest BCUT2D eigenvalue weighted by atomic mass is 16.6. The van der Waals surface area contributed by atoms with Crippen LogP contribution in [0.2, 0.25) is 0 Å². The Morgan fingerprint density at radius 1 is 1.17 bits per heavy atom. The molecule has 0 spiro atoms. The maximum atomic E-state index is 12.2. The molecule has 0 radical (unpaired) electrons. The Bertz CT molecular complexity index is 570. The minimum atomic E-state index is -0.493. The molecule has 5 heteroatoms. The molecule has 24 heavy (non-hydrogen) atoms. The van der Waals surface area contributed by atoms with E-state index in [9.17, 15) is 9.59 Å². The Labute approximate surface area is 144 Å². The Morgan fingerprint density at radius 3 is 2.25 bits per heavy atom. The highest BCUT2D eigenvalue weighted by Gasteiger charge is 2.37. The summed E-state index contributed by atoms with van der Waals surface area (Å²) < 4.78 is 5.44. The minimum absolute atomic E-state index is 0.0309. The van der Waals surface area contributed by atoms with Crippen molar-refractivity contribution in [2.45, 2.75) is 58.1 Å². The van der Waals surface area contributed by atoms with Gasteiger partial charge in [0.05, 0.1) is 0 Å². The van der Waals surface area contributed by atoms with Crippen LogP contribution in [0.1, 0.15) is 46.1 Å². The molecule has 0 aliphatic carbocycles. The molecule has 1 aliphatic heterocycles. The van der Waals surface area contributed by atoms with Gasteiger partial charge in [0.25, 0.3) is 0 Å². The number of nitrogens with zero attached hydrogens (tertiary/aromatic N) is 1. The smallest absolute Gasteiger partial charge is 0.410 e. The standard InChI is InChI=1S/C19H28N2O3/c1-15(22)20-19(14-16-8-6-5-7-9-16)10-12-21(13-11-19)17(23)24-18(2,3)4/h5-9H,10-14H2,1-4H3,(H,20,22). The SMILES string of the molecule is CC(=O)NC1(Cc2ccccc2)CCN(C(=O)OC(C)(C)C)CC1. The van der Waals surface area contributed by atoms with E-state index in [0.29, 0.717) is 13.1 Å². The van der Waals surface area contributed by atoms with E-state index in [1.807, 2.05) is 39.0 Å². The first-order chi connectivity index (χ1) is 11.2. The molecule has 1 aliphatic rings. The molecule has 132 valence electrons. The van der Waals surface area contributed by atoms with Crippen molar-refractivity contribution in [1.82, 2.24) is 10.2 Å². The zero-order valence-electron chi connectivity index (χ0n) is 15.1. The topological polar surface area (TPSA) is 58.6 Å².